The second kappa shape index (κ2) is 6.71. The predicted octanol–water partition coefficient (Wildman–Crippen LogP) is 5.58. The molecular weight excluding hydrogens is 371 g/mol. The third kappa shape index (κ3) is 3.41. The Morgan fingerprint density at radius 1 is 1.38 bits per heavy atom. The molecule has 126 valence electrons. The molecule has 4 nitrogen and oxygen atoms in total. The summed E-state index contributed by atoms with van der Waals surface area (Å²) in [5.41, 5.74) is 3.00. The van der Waals surface area contributed by atoms with Crippen molar-refractivity contribution in [2.75, 3.05) is 6.61 Å². The van der Waals surface area contributed by atoms with Crippen LogP contribution in [0.2, 0.25) is 0 Å². The number of alkyl halides is 3. The first-order valence-corrected chi connectivity index (χ1v) is 8.45. The quantitative estimate of drug-likeness (QED) is 0.554. The summed E-state index contributed by atoms with van der Waals surface area (Å²) in [6.45, 7) is 3.46. The standard InChI is InChI=1S/C17H15Cl3N2O2/c1-2-5-14-15-12(11-6-3-4-7-13(11)21-15)8-9-22(14)16(23)24-10-17(18,19)20/h2-4,6-9,14,21H,1,5,10H2. The molecule has 0 aliphatic carbocycles. The first kappa shape index (κ1) is 17.2. The first-order chi connectivity index (χ1) is 11.4. The van der Waals surface area contributed by atoms with E-state index in [9.17, 15) is 4.79 Å². The zero-order valence-electron chi connectivity index (χ0n) is 12.6. The molecule has 1 aromatic heterocycles. The van der Waals surface area contributed by atoms with Gasteiger partial charge in [-0.25, -0.2) is 4.79 Å². The number of aromatic nitrogens is 1. The van der Waals surface area contributed by atoms with Crippen molar-refractivity contribution in [3.05, 3.63) is 54.4 Å². The van der Waals surface area contributed by atoms with Crippen LogP contribution in [0.25, 0.3) is 17.0 Å². The summed E-state index contributed by atoms with van der Waals surface area (Å²) in [6.07, 6.45) is 5.32. The van der Waals surface area contributed by atoms with Crippen LogP contribution in [0.4, 0.5) is 4.79 Å². The second-order valence-corrected chi connectivity index (χ2v) is 7.95. The zero-order chi connectivity index (χ0) is 17.3. The average Bonchev–Trinajstić information content (AvgIpc) is 2.91. The molecule has 0 bridgehead atoms. The Hall–Kier alpha value is -1.62. The van der Waals surface area contributed by atoms with Crippen LogP contribution in [-0.4, -0.2) is 26.4 Å². The number of H-pyrrole nitrogens is 1. The molecule has 0 radical (unpaired) electrons. The van der Waals surface area contributed by atoms with Crippen molar-refractivity contribution in [1.29, 1.82) is 0 Å². The van der Waals surface area contributed by atoms with Crippen molar-refractivity contribution in [2.45, 2.75) is 16.3 Å². The maximum Gasteiger partial charge on any atom is 0.414 e. The highest BCUT2D eigenvalue weighted by molar-refractivity contribution is 6.67. The molecule has 0 saturated heterocycles. The third-order valence-electron chi connectivity index (χ3n) is 3.81. The van der Waals surface area contributed by atoms with Crippen LogP contribution in [0.1, 0.15) is 23.7 Å². The molecule has 1 amide bonds. The fraction of sp³-hybridized carbons (Fsp3) is 0.235. The fourth-order valence-electron chi connectivity index (χ4n) is 2.82. The maximum absolute atomic E-state index is 12.4. The number of amides is 1. The van der Waals surface area contributed by atoms with Gasteiger partial charge in [0.15, 0.2) is 0 Å². The van der Waals surface area contributed by atoms with Gasteiger partial charge in [0.05, 0.1) is 6.04 Å². The molecule has 0 spiro atoms. The lowest BCUT2D eigenvalue weighted by molar-refractivity contribution is 0.106. The molecule has 3 rings (SSSR count). The molecule has 2 heterocycles. The van der Waals surface area contributed by atoms with Gasteiger partial charge >= 0.3 is 6.09 Å². The van der Waals surface area contributed by atoms with Crippen LogP contribution in [0.3, 0.4) is 0 Å². The van der Waals surface area contributed by atoms with Gasteiger partial charge in [-0.1, -0.05) is 59.1 Å². The summed E-state index contributed by atoms with van der Waals surface area (Å²) in [5.74, 6) is 0. The fourth-order valence-corrected chi connectivity index (χ4v) is 2.98. The number of carbonyl (C=O) groups excluding carboxylic acids is 1. The number of nitrogens with one attached hydrogen (secondary N) is 1. The Balaban J connectivity index is 1.93. The Morgan fingerprint density at radius 3 is 2.83 bits per heavy atom. The average molecular weight is 386 g/mol. The molecule has 0 saturated carbocycles. The summed E-state index contributed by atoms with van der Waals surface area (Å²) in [5, 5.41) is 1.10. The van der Waals surface area contributed by atoms with Crippen LogP contribution >= 0.6 is 34.8 Å². The molecule has 1 aliphatic heterocycles. The van der Waals surface area contributed by atoms with E-state index in [1.165, 1.54) is 4.90 Å². The van der Waals surface area contributed by atoms with Crippen LogP contribution in [0.15, 0.2) is 43.1 Å². The van der Waals surface area contributed by atoms with Crippen LogP contribution < -0.4 is 0 Å². The predicted molar refractivity (Wildman–Crippen MR) is 98.4 cm³/mol. The summed E-state index contributed by atoms with van der Waals surface area (Å²) in [4.78, 5) is 17.2. The highest BCUT2D eigenvalue weighted by Crippen LogP contribution is 2.37. The number of carbonyl (C=O) groups is 1. The lowest BCUT2D eigenvalue weighted by Crippen LogP contribution is -2.34. The number of rotatable bonds is 3. The Kier molecular flexibility index (Phi) is 4.81. The van der Waals surface area contributed by atoms with E-state index in [-0.39, 0.29) is 12.6 Å². The Morgan fingerprint density at radius 2 is 2.12 bits per heavy atom. The second-order valence-electron chi connectivity index (χ2n) is 5.43. The number of nitrogens with zero attached hydrogens (tertiary/aromatic N) is 1. The number of aromatic amines is 1. The van der Waals surface area contributed by atoms with E-state index in [1.807, 2.05) is 30.3 Å². The van der Waals surface area contributed by atoms with Gasteiger partial charge in [-0.15, -0.1) is 6.58 Å². The van der Waals surface area contributed by atoms with E-state index < -0.39 is 9.89 Å². The van der Waals surface area contributed by atoms with Gasteiger partial charge < -0.3 is 9.72 Å². The van der Waals surface area contributed by atoms with Gasteiger partial charge in [0, 0.05) is 28.4 Å². The van der Waals surface area contributed by atoms with Gasteiger partial charge in [0.1, 0.15) is 6.61 Å². The highest BCUT2D eigenvalue weighted by atomic mass is 35.6. The van der Waals surface area contributed by atoms with Gasteiger partial charge in [-0.3, -0.25) is 4.90 Å². The Labute approximate surface area is 154 Å². The van der Waals surface area contributed by atoms with Crippen molar-refractivity contribution >= 4 is 57.9 Å². The molecule has 1 aliphatic rings. The number of benzene rings is 1. The lowest BCUT2D eigenvalue weighted by Gasteiger charge is -2.30. The van der Waals surface area contributed by atoms with Crippen molar-refractivity contribution in [2.24, 2.45) is 0 Å². The first-order valence-electron chi connectivity index (χ1n) is 7.32. The van der Waals surface area contributed by atoms with E-state index in [4.69, 9.17) is 39.5 Å². The molecule has 1 N–H and O–H groups in total. The normalized spacial score (nSPS) is 17.0. The monoisotopic (exact) mass is 384 g/mol. The van der Waals surface area contributed by atoms with Gasteiger partial charge in [0.2, 0.25) is 3.79 Å². The van der Waals surface area contributed by atoms with Crippen LogP contribution in [0, 0.1) is 0 Å². The van der Waals surface area contributed by atoms with E-state index in [0.29, 0.717) is 6.42 Å². The van der Waals surface area contributed by atoms with E-state index in [2.05, 4.69) is 11.6 Å². The Bertz CT molecular complexity index is 808. The topological polar surface area (TPSA) is 45.3 Å². The van der Waals surface area contributed by atoms with Crippen molar-refractivity contribution in [3.8, 4) is 0 Å². The third-order valence-corrected chi connectivity index (χ3v) is 4.13. The summed E-state index contributed by atoms with van der Waals surface area (Å²) in [7, 11) is 0. The number of ether oxygens (including phenoxy) is 1. The highest BCUT2D eigenvalue weighted by Gasteiger charge is 2.32. The largest absolute Gasteiger partial charge is 0.445 e. The minimum absolute atomic E-state index is 0.252. The van der Waals surface area contributed by atoms with E-state index in [1.54, 1.807) is 12.3 Å². The van der Waals surface area contributed by atoms with Crippen LogP contribution in [-0.2, 0) is 4.74 Å². The van der Waals surface area contributed by atoms with E-state index in [0.717, 1.165) is 22.2 Å². The van der Waals surface area contributed by atoms with Gasteiger partial charge in [-0.05, 0) is 18.6 Å². The molecular formula is C17H15Cl3N2O2. The smallest absolute Gasteiger partial charge is 0.414 e. The number of fused-ring (bicyclic) bond motifs is 3. The van der Waals surface area contributed by atoms with Crippen molar-refractivity contribution < 1.29 is 9.53 Å². The number of hydrogen-bond donors (Lipinski definition) is 1. The summed E-state index contributed by atoms with van der Waals surface area (Å²) < 4.78 is 3.46. The molecule has 1 unspecified atom stereocenters. The van der Waals surface area contributed by atoms with Gasteiger partial charge in [-0.2, -0.15) is 0 Å². The molecule has 0 fully saturated rings. The minimum Gasteiger partial charge on any atom is -0.445 e. The van der Waals surface area contributed by atoms with E-state index >= 15 is 0 Å². The summed E-state index contributed by atoms with van der Waals surface area (Å²) >= 11 is 16.9. The molecule has 2 aromatic rings. The maximum atomic E-state index is 12.4. The van der Waals surface area contributed by atoms with Crippen LogP contribution in [0.5, 0.6) is 0 Å². The van der Waals surface area contributed by atoms with Crippen molar-refractivity contribution in [1.82, 2.24) is 9.88 Å². The number of halogens is 3. The zero-order valence-corrected chi connectivity index (χ0v) is 14.9. The molecule has 7 heteroatoms. The lowest BCUT2D eigenvalue weighted by atomic mass is 10.00. The molecule has 24 heavy (non-hydrogen) atoms. The summed E-state index contributed by atoms with van der Waals surface area (Å²) in [6, 6.07) is 7.73. The van der Waals surface area contributed by atoms with Gasteiger partial charge in [0.25, 0.3) is 0 Å². The SMILES string of the molecule is C=CCC1c2[nH]c3ccccc3c2C=CN1C(=O)OCC(Cl)(Cl)Cl. The minimum atomic E-state index is -1.64. The van der Waals surface area contributed by atoms with Crippen molar-refractivity contribution in [3.63, 3.8) is 0 Å². The molecule has 1 atom stereocenters. The molecule has 1 aromatic carbocycles. The number of para-hydroxylation sites is 1. The number of hydrogen-bond acceptors (Lipinski definition) is 2.